The highest BCUT2D eigenvalue weighted by Gasteiger charge is 2.16. The fourth-order valence-electron chi connectivity index (χ4n) is 1.85. The van der Waals surface area contributed by atoms with Gasteiger partial charge >= 0.3 is 6.09 Å². The second kappa shape index (κ2) is 6.99. The Morgan fingerprint density at radius 3 is 2.67 bits per heavy atom. The molecule has 2 N–H and O–H groups in total. The molecule has 0 aliphatic heterocycles. The van der Waals surface area contributed by atoms with Gasteiger partial charge < -0.3 is 4.74 Å². The molecule has 5 nitrogen and oxygen atoms in total. The Morgan fingerprint density at radius 1 is 1.29 bits per heavy atom. The summed E-state index contributed by atoms with van der Waals surface area (Å²) in [5, 5.41) is 4.39. The number of carbonyl (C=O) groups excluding carboxylic acids is 1. The number of anilines is 1. The van der Waals surface area contributed by atoms with Crippen LogP contribution in [0.4, 0.5) is 16.2 Å². The maximum absolute atomic E-state index is 11.8. The lowest BCUT2D eigenvalue weighted by Crippen LogP contribution is -2.56. The second-order valence-electron chi connectivity index (χ2n) is 4.43. The molecule has 0 aliphatic rings. The number of hydrogen-bond acceptors (Lipinski definition) is 3. The lowest BCUT2D eigenvalue weighted by atomic mass is 10.2. The van der Waals surface area contributed by atoms with E-state index in [9.17, 15) is 9.70 Å². The summed E-state index contributed by atoms with van der Waals surface area (Å²) in [5.41, 5.74) is 2.33. The molecule has 2 aromatic carbocycles. The van der Waals surface area contributed by atoms with E-state index in [-0.39, 0.29) is 12.3 Å². The largest absolute Gasteiger partial charge is 0.444 e. The topological polar surface area (TPSA) is 69.4 Å². The average molecular weight is 350 g/mol. The molecule has 0 spiro atoms. The van der Waals surface area contributed by atoms with Gasteiger partial charge in [-0.15, -0.1) is 0 Å². The van der Waals surface area contributed by atoms with E-state index in [0.717, 1.165) is 15.6 Å². The Morgan fingerprint density at radius 2 is 2.00 bits per heavy atom. The summed E-state index contributed by atoms with van der Waals surface area (Å²) in [6.07, 6.45) is -0.610. The van der Waals surface area contributed by atoms with E-state index in [2.05, 4.69) is 21.2 Å². The van der Waals surface area contributed by atoms with Crippen LogP contribution in [0.5, 0.6) is 0 Å². The van der Waals surface area contributed by atoms with E-state index in [4.69, 9.17) is 4.74 Å². The number of amides is 1. The van der Waals surface area contributed by atoms with Gasteiger partial charge in [-0.1, -0.05) is 46.3 Å². The first kappa shape index (κ1) is 15.2. The summed E-state index contributed by atoms with van der Waals surface area (Å²) in [6, 6.07) is 12.7. The summed E-state index contributed by atoms with van der Waals surface area (Å²) < 4.78 is 5.88. The van der Waals surface area contributed by atoms with Gasteiger partial charge in [0.25, 0.3) is 5.69 Å². The van der Waals surface area contributed by atoms with Crippen LogP contribution in [0.15, 0.2) is 46.9 Å². The fraction of sp³-hybridized carbons (Fsp3) is 0.133. The molecule has 0 bridgehead atoms. The van der Waals surface area contributed by atoms with Crippen LogP contribution >= 0.6 is 15.9 Å². The zero-order chi connectivity index (χ0) is 15.2. The van der Waals surface area contributed by atoms with E-state index >= 15 is 0 Å². The monoisotopic (exact) mass is 349 g/mol. The predicted molar refractivity (Wildman–Crippen MR) is 83.1 cm³/mol. The Labute approximate surface area is 130 Å². The summed E-state index contributed by atoms with van der Waals surface area (Å²) in [6.45, 7) is 1.96. The zero-order valence-corrected chi connectivity index (χ0v) is 12.9. The summed E-state index contributed by atoms with van der Waals surface area (Å²) >= 11 is 3.29. The fourth-order valence-corrected chi connectivity index (χ4v) is 2.42. The van der Waals surface area contributed by atoms with Gasteiger partial charge in [0.2, 0.25) is 0 Å². The molecule has 0 atom stereocenters. The van der Waals surface area contributed by atoms with Gasteiger partial charge in [0.15, 0.2) is 0 Å². The SMILES string of the molecule is Cc1cc(Br)cc([NH+]=O)c1NC(=O)OCc1ccccc1. The van der Waals surface area contributed by atoms with Crippen molar-refractivity contribution in [3.63, 3.8) is 0 Å². The second-order valence-corrected chi connectivity index (χ2v) is 5.35. The molecule has 0 saturated carbocycles. The first-order chi connectivity index (χ1) is 10.1. The van der Waals surface area contributed by atoms with E-state index < -0.39 is 6.09 Å². The minimum Gasteiger partial charge on any atom is -0.444 e. The van der Waals surface area contributed by atoms with Crippen LogP contribution < -0.4 is 10.5 Å². The molecule has 0 aliphatic carbocycles. The standard InChI is InChI=1S/C15H13BrN2O3/c1-10-7-12(16)8-13(18-20)14(10)17-15(19)21-9-11-5-3-2-4-6-11/h2-8H,9H2,1H3,(H,17,19)/p+1. The molecule has 21 heavy (non-hydrogen) atoms. The van der Waals surface area contributed by atoms with Crippen molar-refractivity contribution in [3.8, 4) is 0 Å². The predicted octanol–water partition coefficient (Wildman–Crippen LogP) is 2.98. The minimum atomic E-state index is -0.610. The lowest BCUT2D eigenvalue weighted by Gasteiger charge is -2.09. The summed E-state index contributed by atoms with van der Waals surface area (Å²) in [5.74, 6) is 0. The van der Waals surface area contributed by atoms with Crippen molar-refractivity contribution < 1.29 is 14.7 Å². The smallest absolute Gasteiger partial charge is 0.412 e. The first-order valence-corrected chi connectivity index (χ1v) is 7.05. The van der Waals surface area contributed by atoms with Crippen molar-refractivity contribution in [2.24, 2.45) is 0 Å². The highest BCUT2D eigenvalue weighted by Crippen LogP contribution is 2.27. The molecular weight excluding hydrogens is 336 g/mol. The van der Waals surface area contributed by atoms with Crippen molar-refractivity contribution in [3.05, 3.63) is 63.0 Å². The highest BCUT2D eigenvalue weighted by molar-refractivity contribution is 9.10. The molecule has 0 saturated heterocycles. The Kier molecular flexibility index (Phi) is 5.05. The molecule has 108 valence electrons. The summed E-state index contributed by atoms with van der Waals surface area (Å²) in [7, 11) is 0. The zero-order valence-electron chi connectivity index (χ0n) is 11.4. The molecule has 2 aromatic rings. The number of rotatable bonds is 4. The van der Waals surface area contributed by atoms with Gasteiger partial charge in [-0.2, -0.15) is 0 Å². The quantitative estimate of drug-likeness (QED) is 0.891. The number of ether oxygens (including phenoxy) is 1. The van der Waals surface area contributed by atoms with E-state index in [1.165, 1.54) is 0 Å². The normalized spacial score (nSPS) is 10.0. The number of nitrogens with one attached hydrogen (secondary N) is 2. The van der Waals surface area contributed by atoms with Crippen molar-refractivity contribution in [1.82, 2.24) is 0 Å². The van der Waals surface area contributed by atoms with Crippen LogP contribution in [-0.2, 0) is 11.3 Å². The van der Waals surface area contributed by atoms with Gasteiger partial charge in [0, 0.05) is 20.6 Å². The van der Waals surface area contributed by atoms with Crippen LogP contribution in [0.25, 0.3) is 0 Å². The number of hydrogen-bond donors (Lipinski definition) is 2. The van der Waals surface area contributed by atoms with E-state index in [0.29, 0.717) is 5.69 Å². The first-order valence-electron chi connectivity index (χ1n) is 6.26. The van der Waals surface area contributed by atoms with Gasteiger partial charge in [0.05, 0.1) is 0 Å². The maximum atomic E-state index is 11.8. The third-order valence-electron chi connectivity index (χ3n) is 2.85. The molecule has 2 rings (SSSR count). The molecule has 6 heteroatoms. The van der Waals surface area contributed by atoms with Crippen LogP contribution in [0, 0.1) is 11.8 Å². The Hall–Kier alpha value is -2.21. The van der Waals surface area contributed by atoms with Gasteiger partial charge in [0.1, 0.15) is 12.3 Å². The summed E-state index contributed by atoms with van der Waals surface area (Å²) in [4.78, 5) is 22.8. The van der Waals surface area contributed by atoms with Crippen LogP contribution in [0.1, 0.15) is 11.1 Å². The van der Waals surface area contributed by atoms with Crippen LogP contribution in [-0.4, -0.2) is 6.09 Å². The van der Waals surface area contributed by atoms with Gasteiger partial charge in [-0.05, 0) is 24.1 Å². The van der Waals surface area contributed by atoms with Crippen LogP contribution in [0.3, 0.4) is 0 Å². The van der Waals surface area contributed by atoms with E-state index in [1.807, 2.05) is 30.3 Å². The van der Waals surface area contributed by atoms with E-state index in [1.54, 1.807) is 24.2 Å². The highest BCUT2D eigenvalue weighted by atomic mass is 79.9. The van der Waals surface area contributed by atoms with Crippen molar-refractivity contribution >= 4 is 33.4 Å². The number of benzene rings is 2. The molecule has 0 radical (unpaired) electrons. The van der Waals surface area contributed by atoms with Gasteiger partial charge in [-0.25, -0.2) is 4.79 Å². The van der Waals surface area contributed by atoms with Crippen molar-refractivity contribution in [2.45, 2.75) is 13.5 Å². The molecule has 0 aromatic heterocycles. The van der Waals surface area contributed by atoms with Crippen molar-refractivity contribution in [1.29, 1.82) is 0 Å². The Balaban J connectivity index is 2.04. The number of carbonyl (C=O) groups is 1. The third-order valence-corrected chi connectivity index (χ3v) is 3.31. The Bertz CT molecular complexity index is 659. The average Bonchev–Trinajstić information content (AvgIpc) is 2.48. The maximum Gasteiger partial charge on any atom is 0.412 e. The molecule has 0 heterocycles. The number of aryl methyl sites for hydroxylation is 1. The third kappa shape index (κ3) is 4.13. The molecular formula is C15H14BrN2O3+. The molecule has 0 unspecified atom stereocenters. The van der Waals surface area contributed by atoms with Crippen LogP contribution in [0.2, 0.25) is 0 Å². The van der Waals surface area contributed by atoms with Gasteiger partial charge in [-0.3, -0.25) is 5.32 Å². The number of nitroso groups, excluding NO2 is 1. The van der Waals surface area contributed by atoms with Crippen molar-refractivity contribution in [2.75, 3.05) is 5.32 Å². The molecule has 1 amide bonds. The lowest BCUT2D eigenvalue weighted by molar-refractivity contribution is -0.378. The minimum absolute atomic E-state index is 0.169. The number of halogens is 1. The molecule has 0 fully saturated rings.